The Morgan fingerprint density at radius 2 is 1.96 bits per heavy atom. The van der Waals surface area contributed by atoms with E-state index in [0.29, 0.717) is 11.5 Å². The number of ether oxygens (including phenoxy) is 3. The lowest BCUT2D eigenvalue weighted by Gasteiger charge is -2.09. The third kappa shape index (κ3) is 3.35. The van der Waals surface area contributed by atoms with Gasteiger partial charge in [-0.3, -0.25) is 5.43 Å². The first-order valence-corrected chi connectivity index (χ1v) is 7.25. The molecule has 0 spiro atoms. The SMILES string of the molecule is COc1ccc(-c2cc3c(cc2C=NNC(N)=S)OCO3)cc1. The maximum atomic E-state index is 5.46. The summed E-state index contributed by atoms with van der Waals surface area (Å²) in [6, 6.07) is 11.5. The van der Waals surface area contributed by atoms with Crippen molar-refractivity contribution in [1.82, 2.24) is 5.43 Å². The molecule has 0 aliphatic carbocycles. The van der Waals surface area contributed by atoms with Crippen LogP contribution in [0.5, 0.6) is 17.2 Å². The number of nitrogens with two attached hydrogens (primary N) is 1. The van der Waals surface area contributed by atoms with E-state index in [0.717, 1.165) is 22.4 Å². The van der Waals surface area contributed by atoms with E-state index < -0.39 is 0 Å². The van der Waals surface area contributed by atoms with Crippen molar-refractivity contribution < 1.29 is 14.2 Å². The minimum Gasteiger partial charge on any atom is -0.497 e. The molecule has 3 N–H and O–H groups in total. The molecule has 2 aromatic rings. The first kappa shape index (κ1) is 15.1. The molecule has 7 heteroatoms. The Hall–Kier alpha value is -2.80. The van der Waals surface area contributed by atoms with Crippen molar-refractivity contribution in [2.24, 2.45) is 10.8 Å². The fraction of sp³-hybridized carbons (Fsp3) is 0.125. The molecule has 0 saturated heterocycles. The highest BCUT2D eigenvalue weighted by molar-refractivity contribution is 7.80. The number of hydrazone groups is 1. The number of hydrogen-bond acceptors (Lipinski definition) is 5. The molecule has 1 aliphatic rings. The molecule has 23 heavy (non-hydrogen) atoms. The van der Waals surface area contributed by atoms with Crippen molar-refractivity contribution in [3.05, 3.63) is 42.0 Å². The summed E-state index contributed by atoms with van der Waals surface area (Å²) in [4.78, 5) is 0. The second-order valence-corrected chi connectivity index (χ2v) is 5.20. The highest BCUT2D eigenvalue weighted by Gasteiger charge is 2.17. The predicted molar refractivity (Wildman–Crippen MR) is 92.1 cm³/mol. The zero-order valence-electron chi connectivity index (χ0n) is 12.4. The van der Waals surface area contributed by atoms with Gasteiger partial charge in [0.25, 0.3) is 0 Å². The summed E-state index contributed by atoms with van der Waals surface area (Å²) in [7, 11) is 1.63. The maximum absolute atomic E-state index is 5.46. The van der Waals surface area contributed by atoms with Gasteiger partial charge in [-0.05, 0) is 47.6 Å². The number of nitrogens with one attached hydrogen (secondary N) is 1. The molecular formula is C16H15N3O3S. The molecule has 0 atom stereocenters. The number of fused-ring (bicyclic) bond motifs is 1. The molecule has 0 saturated carbocycles. The zero-order chi connectivity index (χ0) is 16.2. The van der Waals surface area contributed by atoms with E-state index in [1.54, 1.807) is 13.3 Å². The Morgan fingerprint density at radius 3 is 2.61 bits per heavy atom. The minimum atomic E-state index is 0.105. The number of nitrogens with zero attached hydrogens (tertiary/aromatic N) is 1. The zero-order valence-corrected chi connectivity index (χ0v) is 13.2. The molecule has 118 valence electrons. The van der Waals surface area contributed by atoms with E-state index in [2.05, 4.69) is 10.5 Å². The lowest BCUT2D eigenvalue weighted by molar-refractivity contribution is 0.174. The number of methoxy groups -OCH3 is 1. The van der Waals surface area contributed by atoms with Gasteiger partial charge in [-0.1, -0.05) is 12.1 Å². The quantitative estimate of drug-likeness (QED) is 0.509. The van der Waals surface area contributed by atoms with E-state index in [1.807, 2.05) is 36.4 Å². The van der Waals surface area contributed by atoms with Crippen LogP contribution in [0, 0.1) is 0 Å². The van der Waals surface area contributed by atoms with Crippen molar-refractivity contribution in [3.63, 3.8) is 0 Å². The van der Waals surface area contributed by atoms with Crippen LogP contribution >= 0.6 is 12.2 Å². The molecule has 0 aromatic heterocycles. The number of hydrogen-bond donors (Lipinski definition) is 2. The van der Waals surface area contributed by atoms with Gasteiger partial charge in [-0.25, -0.2) is 0 Å². The Labute approximate surface area is 138 Å². The van der Waals surface area contributed by atoms with Gasteiger partial charge in [0, 0.05) is 5.56 Å². The minimum absolute atomic E-state index is 0.105. The summed E-state index contributed by atoms with van der Waals surface area (Å²) in [5.41, 5.74) is 10.7. The molecule has 6 nitrogen and oxygen atoms in total. The van der Waals surface area contributed by atoms with Crippen LogP contribution in [0.15, 0.2) is 41.5 Å². The van der Waals surface area contributed by atoms with Crippen LogP contribution in [-0.2, 0) is 0 Å². The summed E-state index contributed by atoms with van der Waals surface area (Å²) in [6.07, 6.45) is 1.64. The van der Waals surface area contributed by atoms with Gasteiger partial charge in [0.15, 0.2) is 16.6 Å². The van der Waals surface area contributed by atoms with Crippen LogP contribution in [0.4, 0.5) is 0 Å². The monoisotopic (exact) mass is 329 g/mol. The number of thiocarbonyl (C=S) groups is 1. The van der Waals surface area contributed by atoms with Gasteiger partial charge in [0.2, 0.25) is 6.79 Å². The van der Waals surface area contributed by atoms with Crippen LogP contribution in [0.3, 0.4) is 0 Å². The Bertz CT molecular complexity index is 760. The van der Waals surface area contributed by atoms with Gasteiger partial charge in [-0.15, -0.1) is 0 Å². The Kier molecular flexibility index (Phi) is 4.29. The topological polar surface area (TPSA) is 78.1 Å². The Morgan fingerprint density at radius 1 is 1.26 bits per heavy atom. The van der Waals surface area contributed by atoms with Crippen molar-refractivity contribution in [3.8, 4) is 28.4 Å². The first-order chi connectivity index (χ1) is 11.2. The van der Waals surface area contributed by atoms with Gasteiger partial charge in [0.1, 0.15) is 5.75 Å². The molecule has 3 rings (SSSR count). The van der Waals surface area contributed by atoms with Gasteiger partial charge in [0.05, 0.1) is 13.3 Å². The fourth-order valence-electron chi connectivity index (χ4n) is 2.25. The van der Waals surface area contributed by atoms with Crippen LogP contribution in [0.2, 0.25) is 0 Å². The average molecular weight is 329 g/mol. The van der Waals surface area contributed by atoms with Gasteiger partial charge < -0.3 is 19.9 Å². The second kappa shape index (κ2) is 6.53. The maximum Gasteiger partial charge on any atom is 0.231 e. The van der Waals surface area contributed by atoms with E-state index in [1.165, 1.54) is 0 Å². The predicted octanol–water partition coefficient (Wildman–Crippen LogP) is 2.26. The van der Waals surface area contributed by atoms with Gasteiger partial charge in [-0.2, -0.15) is 5.10 Å². The largest absolute Gasteiger partial charge is 0.497 e. The number of rotatable bonds is 4. The molecule has 2 aromatic carbocycles. The van der Waals surface area contributed by atoms with Crippen LogP contribution in [-0.4, -0.2) is 25.2 Å². The van der Waals surface area contributed by atoms with Crippen LogP contribution in [0.1, 0.15) is 5.56 Å². The molecule has 0 fully saturated rings. The molecular weight excluding hydrogens is 314 g/mol. The van der Waals surface area contributed by atoms with Crippen molar-refractivity contribution in [2.75, 3.05) is 13.9 Å². The van der Waals surface area contributed by atoms with Crippen molar-refractivity contribution >= 4 is 23.5 Å². The molecule has 1 aliphatic heterocycles. The fourth-order valence-corrected chi connectivity index (χ4v) is 2.30. The summed E-state index contributed by atoms with van der Waals surface area (Å²) >= 11 is 4.74. The average Bonchev–Trinajstić information content (AvgIpc) is 3.01. The lowest BCUT2D eigenvalue weighted by Crippen LogP contribution is -2.24. The molecule has 0 amide bonds. The molecule has 0 unspecified atom stereocenters. The summed E-state index contributed by atoms with van der Waals surface area (Å²) in [5.74, 6) is 2.18. The van der Waals surface area contributed by atoms with Crippen LogP contribution < -0.4 is 25.4 Å². The van der Waals surface area contributed by atoms with E-state index >= 15 is 0 Å². The first-order valence-electron chi connectivity index (χ1n) is 6.84. The van der Waals surface area contributed by atoms with E-state index in [-0.39, 0.29) is 11.9 Å². The van der Waals surface area contributed by atoms with E-state index in [9.17, 15) is 0 Å². The summed E-state index contributed by atoms with van der Waals surface area (Å²) < 4.78 is 16.1. The summed E-state index contributed by atoms with van der Waals surface area (Å²) in [6.45, 7) is 0.211. The molecule has 1 heterocycles. The molecule has 0 radical (unpaired) electrons. The van der Waals surface area contributed by atoms with Gasteiger partial charge >= 0.3 is 0 Å². The van der Waals surface area contributed by atoms with Crippen LogP contribution in [0.25, 0.3) is 11.1 Å². The second-order valence-electron chi connectivity index (χ2n) is 4.76. The van der Waals surface area contributed by atoms with Crippen molar-refractivity contribution in [2.45, 2.75) is 0 Å². The third-order valence-corrected chi connectivity index (χ3v) is 3.42. The highest BCUT2D eigenvalue weighted by Crippen LogP contribution is 2.38. The third-order valence-electron chi connectivity index (χ3n) is 3.32. The smallest absolute Gasteiger partial charge is 0.231 e. The number of benzene rings is 2. The highest BCUT2D eigenvalue weighted by atomic mass is 32.1. The summed E-state index contributed by atoms with van der Waals surface area (Å²) in [5, 5.41) is 4.13. The standard InChI is InChI=1S/C16H15N3O3S/c1-20-12-4-2-10(3-5-12)13-7-15-14(21-9-22-15)6-11(13)8-18-19-16(17)23/h2-8H,9H2,1H3,(H3,17,19,23). The lowest BCUT2D eigenvalue weighted by atomic mass is 9.99. The normalized spacial score (nSPS) is 12.4. The Balaban J connectivity index is 2.02. The van der Waals surface area contributed by atoms with E-state index in [4.69, 9.17) is 32.2 Å². The van der Waals surface area contributed by atoms with Crippen molar-refractivity contribution in [1.29, 1.82) is 0 Å². The molecule has 0 bridgehead atoms.